The van der Waals surface area contributed by atoms with Gasteiger partial charge in [-0.1, -0.05) is 19.1 Å². The zero-order chi connectivity index (χ0) is 11.8. The Balaban J connectivity index is 1.58. The van der Waals surface area contributed by atoms with Crippen LogP contribution in [0.4, 0.5) is 0 Å². The summed E-state index contributed by atoms with van der Waals surface area (Å²) in [6.45, 7) is 3.14. The molecule has 0 saturated heterocycles. The van der Waals surface area contributed by atoms with E-state index in [0.717, 1.165) is 24.8 Å². The van der Waals surface area contributed by atoms with E-state index in [9.17, 15) is 0 Å². The van der Waals surface area contributed by atoms with Crippen LogP contribution in [0.5, 0.6) is 0 Å². The van der Waals surface area contributed by atoms with Crippen molar-refractivity contribution in [3.8, 4) is 0 Å². The lowest BCUT2D eigenvalue weighted by molar-refractivity contribution is 0.162. The van der Waals surface area contributed by atoms with E-state index >= 15 is 0 Å². The first kappa shape index (κ1) is 11.0. The van der Waals surface area contributed by atoms with Gasteiger partial charge >= 0.3 is 0 Å². The van der Waals surface area contributed by atoms with Gasteiger partial charge in [0.2, 0.25) is 0 Å². The second-order valence-corrected chi connectivity index (χ2v) is 5.35. The third-order valence-corrected chi connectivity index (χ3v) is 4.24. The minimum absolute atomic E-state index is 0.698. The third-order valence-electron chi connectivity index (χ3n) is 4.24. The summed E-state index contributed by atoms with van der Waals surface area (Å²) in [5.41, 5.74) is 2.60. The highest BCUT2D eigenvalue weighted by molar-refractivity contribution is 5.18. The minimum atomic E-state index is 0.698. The van der Waals surface area contributed by atoms with Gasteiger partial charge in [-0.25, -0.2) is 0 Å². The molecule has 0 spiro atoms. The largest absolute Gasteiger partial charge is 0.309 e. The smallest absolute Gasteiger partial charge is 0.0666 e. The first-order chi connectivity index (χ1) is 8.28. The second kappa shape index (κ2) is 4.30. The number of nitrogens with one attached hydrogen (secondary N) is 1. The molecule has 0 aromatic carbocycles. The van der Waals surface area contributed by atoms with E-state index < -0.39 is 0 Å². The Labute approximate surface area is 103 Å². The summed E-state index contributed by atoms with van der Waals surface area (Å²) in [6.07, 6.45) is 10.6. The molecule has 2 aliphatic rings. The van der Waals surface area contributed by atoms with Crippen LogP contribution in [0.25, 0.3) is 0 Å². The van der Waals surface area contributed by atoms with Crippen LogP contribution in [0.15, 0.2) is 18.3 Å². The fraction of sp³-hybridized carbons (Fsp3) is 0.643. The standard InChI is InChI=1S/C14H21N3/c1-3-13-11(9-17(2)16-13)8-15-14-7-10-5-4-6-12(10)14/h4,6,9-10,12,14-15H,3,5,7-8H2,1-2H3. The fourth-order valence-electron chi connectivity index (χ4n) is 3.22. The van der Waals surface area contributed by atoms with Gasteiger partial charge in [0.15, 0.2) is 0 Å². The topological polar surface area (TPSA) is 29.9 Å². The number of allylic oxidation sites excluding steroid dienone is 1. The van der Waals surface area contributed by atoms with Crippen molar-refractivity contribution >= 4 is 0 Å². The van der Waals surface area contributed by atoms with Crippen molar-refractivity contribution in [3.63, 3.8) is 0 Å². The monoisotopic (exact) mass is 231 g/mol. The molecule has 1 fully saturated rings. The molecular weight excluding hydrogens is 210 g/mol. The zero-order valence-corrected chi connectivity index (χ0v) is 10.7. The van der Waals surface area contributed by atoms with Gasteiger partial charge in [0.05, 0.1) is 5.69 Å². The van der Waals surface area contributed by atoms with Gasteiger partial charge in [0, 0.05) is 31.4 Å². The lowest BCUT2D eigenvalue weighted by Crippen LogP contribution is -2.47. The molecule has 1 N–H and O–H groups in total. The van der Waals surface area contributed by atoms with Crippen molar-refractivity contribution in [1.29, 1.82) is 0 Å². The molecule has 1 heterocycles. The number of rotatable bonds is 4. The Morgan fingerprint density at radius 1 is 1.53 bits per heavy atom. The van der Waals surface area contributed by atoms with Gasteiger partial charge in [-0.3, -0.25) is 4.68 Å². The Kier molecular flexibility index (Phi) is 2.79. The molecule has 0 bridgehead atoms. The predicted octanol–water partition coefficient (Wildman–Crippen LogP) is 2.04. The number of aryl methyl sites for hydroxylation is 2. The average molecular weight is 231 g/mol. The van der Waals surface area contributed by atoms with Gasteiger partial charge in [0.1, 0.15) is 0 Å². The van der Waals surface area contributed by atoms with Crippen LogP contribution in [0.1, 0.15) is 31.0 Å². The van der Waals surface area contributed by atoms with Crippen molar-refractivity contribution in [2.24, 2.45) is 18.9 Å². The van der Waals surface area contributed by atoms with E-state index in [1.54, 1.807) is 0 Å². The summed E-state index contributed by atoms with van der Waals surface area (Å²) in [6, 6.07) is 0.698. The molecule has 3 rings (SSSR count). The quantitative estimate of drug-likeness (QED) is 0.804. The molecule has 3 heteroatoms. The molecule has 3 unspecified atom stereocenters. The van der Waals surface area contributed by atoms with E-state index in [1.165, 1.54) is 24.1 Å². The van der Waals surface area contributed by atoms with E-state index in [2.05, 4.69) is 35.7 Å². The van der Waals surface area contributed by atoms with Crippen LogP contribution in [-0.4, -0.2) is 15.8 Å². The average Bonchev–Trinajstić information content (AvgIpc) is 2.83. The lowest BCUT2D eigenvalue weighted by atomic mass is 9.71. The van der Waals surface area contributed by atoms with E-state index in [1.807, 2.05) is 11.7 Å². The molecule has 1 aromatic rings. The molecule has 92 valence electrons. The van der Waals surface area contributed by atoms with Gasteiger partial charge in [-0.05, 0) is 31.1 Å². The fourth-order valence-corrected chi connectivity index (χ4v) is 3.22. The lowest BCUT2D eigenvalue weighted by Gasteiger charge is -2.40. The van der Waals surface area contributed by atoms with Crippen LogP contribution < -0.4 is 5.32 Å². The Morgan fingerprint density at radius 2 is 2.41 bits per heavy atom. The molecule has 0 radical (unpaired) electrons. The second-order valence-electron chi connectivity index (χ2n) is 5.35. The SMILES string of the molecule is CCc1nn(C)cc1CNC1CC2CC=CC21. The summed E-state index contributed by atoms with van der Waals surface area (Å²) in [5.74, 6) is 1.74. The number of fused-ring (bicyclic) bond motifs is 1. The highest BCUT2D eigenvalue weighted by Crippen LogP contribution is 2.42. The Morgan fingerprint density at radius 3 is 3.18 bits per heavy atom. The summed E-state index contributed by atoms with van der Waals surface area (Å²) < 4.78 is 1.93. The zero-order valence-electron chi connectivity index (χ0n) is 10.7. The summed E-state index contributed by atoms with van der Waals surface area (Å²) in [7, 11) is 2.00. The van der Waals surface area contributed by atoms with Gasteiger partial charge in [-0.15, -0.1) is 0 Å². The van der Waals surface area contributed by atoms with E-state index in [0.29, 0.717) is 6.04 Å². The van der Waals surface area contributed by atoms with Crippen LogP contribution in [0.3, 0.4) is 0 Å². The summed E-state index contributed by atoms with van der Waals surface area (Å²) in [5, 5.41) is 8.17. The molecule has 1 aromatic heterocycles. The van der Waals surface area contributed by atoms with Gasteiger partial charge < -0.3 is 5.32 Å². The third kappa shape index (κ3) is 1.93. The van der Waals surface area contributed by atoms with Crippen LogP contribution >= 0.6 is 0 Å². The maximum Gasteiger partial charge on any atom is 0.0666 e. The molecular formula is C14H21N3. The molecule has 2 aliphatic carbocycles. The molecule has 0 amide bonds. The number of nitrogens with zero attached hydrogens (tertiary/aromatic N) is 2. The first-order valence-corrected chi connectivity index (χ1v) is 6.69. The van der Waals surface area contributed by atoms with E-state index in [-0.39, 0.29) is 0 Å². The predicted molar refractivity (Wildman–Crippen MR) is 68.6 cm³/mol. The van der Waals surface area contributed by atoms with Crippen molar-refractivity contribution in [1.82, 2.24) is 15.1 Å². The Hall–Kier alpha value is -1.09. The molecule has 17 heavy (non-hydrogen) atoms. The van der Waals surface area contributed by atoms with Gasteiger partial charge in [0.25, 0.3) is 0 Å². The summed E-state index contributed by atoms with van der Waals surface area (Å²) in [4.78, 5) is 0. The number of aromatic nitrogens is 2. The van der Waals surface area contributed by atoms with Crippen LogP contribution in [0, 0.1) is 11.8 Å². The van der Waals surface area contributed by atoms with Crippen molar-refractivity contribution in [3.05, 3.63) is 29.6 Å². The first-order valence-electron chi connectivity index (χ1n) is 6.69. The molecule has 1 saturated carbocycles. The molecule has 3 nitrogen and oxygen atoms in total. The molecule has 3 atom stereocenters. The van der Waals surface area contributed by atoms with Crippen molar-refractivity contribution < 1.29 is 0 Å². The van der Waals surface area contributed by atoms with Crippen LogP contribution in [-0.2, 0) is 20.0 Å². The highest BCUT2D eigenvalue weighted by Gasteiger charge is 2.40. The number of hydrogen-bond acceptors (Lipinski definition) is 2. The van der Waals surface area contributed by atoms with Crippen molar-refractivity contribution in [2.45, 2.75) is 38.8 Å². The molecule has 0 aliphatic heterocycles. The van der Waals surface area contributed by atoms with Crippen LogP contribution in [0.2, 0.25) is 0 Å². The maximum absolute atomic E-state index is 4.48. The number of hydrogen-bond donors (Lipinski definition) is 1. The van der Waals surface area contributed by atoms with Crippen molar-refractivity contribution in [2.75, 3.05) is 0 Å². The van der Waals surface area contributed by atoms with Gasteiger partial charge in [-0.2, -0.15) is 5.10 Å². The Bertz CT molecular complexity index is 433. The summed E-state index contributed by atoms with van der Waals surface area (Å²) >= 11 is 0. The maximum atomic E-state index is 4.48. The normalized spacial score (nSPS) is 30.4. The minimum Gasteiger partial charge on any atom is -0.309 e. The van der Waals surface area contributed by atoms with E-state index in [4.69, 9.17) is 0 Å². The highest BCUT2D eigenvalue weighted by atomic mass is 15.3.